The highest BCUT2D eigenvalue weighted by Gasteiger charge is 2.19. The van der Waals surface area contributed by atoms with Gasteiger partial charge in [0, 0.05) is 60.4 Å². The second kappa shape index (κ2) is 11.2. The molecule has 35 heavy (non-hydrogen) atoms. The second-order valence-corrected chi connectivity index (χ2v) is 8.87. The lowest BCUT2D eigenvalue weighted by Crippen LogP contribution is -2.37. The van der Waals surface area contributed by atoms with Crippen molar-refractivity contribution in [3.8, 4) is 0 Å². The van der Waals surface area contributed by atoms with Gasteiger partial charge in [-0.3, -0.25) is 29.9 Å². The summed E-state index contributed by atoms with van der Waals surface area (Å²) in [6.07, 6.45) is 1.68. The molecule has 1 aliphatic rings. The molecule has 0 spiro atoms. The number of ether oxygens (including phenoxy) is 1. The van der Waals surface area contributed by atoms with Gasteiger partial charge in [-0.05, 0) is 0 Å². The van der Waals surface area contributed by atoms with Crippen molar-refractivity contribution in [1.82, 2.24) is 14.5 Å². The molecule has 0 unspecified atom stereocenters. The van der Waals surface area contributed by atoms with Crippen molar-refractivity contribution >= 4 is 23.1 Å². The molecule has 11 nitrogen and oxygen atoms in total. The van der Waals surface area contributed by atoms with E-state index in [1.807, 2.05) is 0 Å². The Morgan fingerprint density at radius 3 is 2.14 bits per heavy atom. The lowest BCUT2D eigenvalue weighted by atomic mass is 10.2. The maximum absolute atomic E-state index is 12.9. The minimum absolute atomic E-state index is 0.0171. The van der Waals surface area contributed by atoms with Crippen molar-refractivity contribution in [2.24, 2.45) is 0 Å². The van der Waals surface area contributed by atoms with Crippen molar-refractivity contribution in [2.75, 3.05) is 26.3 Å². The molecule has 3 aromatic rings. The summed E-state index contributed by atoms with van der Waals surface area (Å²) in [6.45, 7) is 3.07. The summed E-state index contributed by atoms with van der Waals surface area (Å²) < 4.78 is 7.08. The normalized spacial score (nSPS) is 14.1. The Labute approximate surface area is 204 Å². The minimum atomic E-state index is -0.449. The van der Waals surface area contributed by atoms with Crippen LogP contribution in [-0.2, 0) is 23.6 Å². The maximum Gasteiger partial charge on any atom is 0.278 e. The summed E-state index contributed by atoms with van der Waals surface area (Å²) in [4.78, 5) is 41.3. The summed E-state index contributed by atoms with van der Waals surface area (Å²) in [7, 11) is 0. The van der Waals surface area contributed by atoms with E-state index in [1.165, 1.54) is 23.9 Å². The first-order valence-corrected chi connectivity index (χ1v) is 11.9. The Hall–Kier alpha value is -3.61. The molecule has 1 saturated heterocycles. The van der Waals surface area contributed by atoms with Gasteiger partial charge in [-0.1, -0.05) is 48.2 Å². The first-order chi connectivity index (χ1) is 16.9. The van der Waals surface area contributed by atoms with Crippen LogP contribution in [0.4, 0.5) is 11.4 Å². The van der Waals surface area contributed by atoms with Gasteiger partial charge < -0.3 is 9.30 Å². The quantitative estimate of drug-likeness (QED) is 0.189. The number of nitro groups is 2. The Kier molecular flexibility index (Phi) is 7.85. The minimum Gasteiger partial charge on any atom is -0.379 e. The molecule has 12 heteroatoms. The SMILES string of the molecule is O=c1nc(SCc2ccccc2[N+](=O)[O-])n(Cc2ccccc2[N+](=O)[O-])cc1CN1CCOCC1. The van der Waals surface area contributed by atoms with Crippen molar-refractivity contribution in [1.29, 1.82) is 0 Å². The van der Waals surface area contributed by atoms with Gasteiger partial charge in [0.15, 0.2) is 5.16 Å². The Bertz CT molecular complexity index is 1290. The number of para-hydroxylation sites is 2. The van der Waals surface area contributed by atoms with Gasteiger partial charge in [0.05, 0.1) is 29.6 Å². The third-order valence-electron chi connectivity index (χ3n) is 5.60. The van der Waals surface area contributed by atoms with Crippen molar-refractivity contribution < 1.29 is 14.6 Å². The van der Waals surface area contributed by atoms with E-state index in [0.29, 0.717) is 54.7 Å². The molecule has 0 saturated carbocycles. The highest BCUT2D eigenvalue weighted by molar-refractivity contribution is 7.98. The van der Waals surface area contributed by atoms with E-state index in [0.717, 1.165) is 0 Å². The number of hydrogen-bond donors (Lipinski definition) is 0. The molecule has 0 amide bonds. The molecule has 1 aromatic heterocycles. The first kappa shape index (κ1) is 24.5. The number of thioether (sulfide) groups is 1. The van der Waals surface area contributed by atoms with Crippen LogP contribution in [0.3, 0.4) is 0 Å². The molecular formula is C23H23N5O6S. The Balaban J connectivity index is 1.68. The van der Waals surface area contributed by atoms with E-state index >= 15 is 0 Å². The van der Waals surface area contributed by atoms with E-state index in [2.05, 4.69) is 9.88 Å². The molecule has 0 atom stereocenters. The van der Waals surface area contributed by atoms with Crippen LogP contribution >= 0.6 is 11.8 Å². The molecule has 182 valence electrons. The third-order valence-corrected chi connectivity index (χ3v) is 6.64. The van der Waals surface area contributed by atoms with Gasteiger partial charge in [-0.25, -0.2) is 0 Å². The number of nitro benzene ring substituents is 2. The Morgan fingerprint density at radius 1 is 0.886 bits per heavy atom. The van der Waals surface area contributed by atoms with Gasteiger partial charge in [0.25, 0.3) is 16.9 Å². The van der Waals surface area contributed by atoms with Crippen molar-refractivity contribution in [3.63, 3.8) is 0 Å². The van der Waals surface area contributed by atoms with Crippen LogP contribution in [0.5, 0.6) is 0 Å². The lowest BCUT2D eigenvalue weighted by Gasteiger charge is -2.26. The Morgan fingerprint density at radius 2 is 1.49 bits per heavy atom. The molecule has 0 radical (unpaired) electrons. The molecule has 1 fully saturated rings. The summed E-state index contributed by atoms with van der Waals surface area (Å²) in [5, 5.41) is 23.2. The molecule has 2 aromatic carbocycles. The van der Waals surface area contributed by atoms with Gasteiger partial charge >= 0.3 is 0 Å². The molecule has 0 N–H and O–H groups in total. The molecule has 0 bridgehead atoms. The maximum atomic E-state index is 12.9. The lowest BCUT2D eigenvalue weighted by molar-refractivity contribution is -0.385. The van der Waals surface area contributed by atoms with Gasteiger partial charge in [0.2, 0.25) is 0 Å². The highest BCUT2D eigenvalue weighted by Crippen LogP contribution is 2.28. The third kappa shape index (κ3) is 6.10. The predicted molar refractivity (Wildman–Crippen MR) is 129 cm³/mol. The van der Waals surface area contributed by atoms with Crippen LogP contribution in [0.1, 0.15) is 16.7 Å². The second-order valence-electron chi connectivity index (χ2n) is 7.93. The monoisotopic (exact) mass is 497 g/mol. The zero-order valence-corrected chi connectivity index (χ0v) is 19.6. The number of rotatable bonds is 9. The predicted octanol–water partition coefficient (Wildman–Crippen LogP) is 3.23. The molecule has 0 aliphatic carbocycles. The molecule has 4 rings (SSSR count). The number of benzene rings is 2. The summed E-state index contributed by atoms with van der Waals surface area (Å²) >= 11 is 1.18. The number of nitrogens with zero attached hydrogens (tertiary/aromatic N) is 5. The van der Waals surface area contributed by atoms with Crippen LogP contribution in [0.2, 0.25) is 0 Å². The van der Waals surface area contributed by atoms with Crippen LogP contribution < -0.4 is 5.56 Å². The van der Waals surface area contributed by atoms with Crippen LogP contribution in [0.25, 0.3) is 0 Å². The number of aromatic nitrogens is 2. The molecule has 1 aliphatic heterocycles. The molecular weight excluding hydrogens is 474 g/mol. The first-order valence-electron chi connectivity index (χ1n) is 10.9. The summed E-state index contributed by atoms with van der Waals surface area (Å²) in [5.41, 5.74) is 0.993. The fourth-order valence-electron chi connectivity index (χ4n) is 3.82. The van der Waals surface area contributed by atoms with Crippen LogP contribution in [0, 0.1) is 20.2 Å². The fraction of sp³-hybridized carbons (Fsp3) is 0.304. The average molecular weight is 498 g/mol. The highest BCUT2D eigenvalue weighted by atomic mass is 32.2. The van der Waals surface area contributed by atoms with Crippen molar-refractivity contribution in [3.05, 3.63) is 102 Å². The average Bonchev–Trinajstić information content (AvgIpc) is 2.86. The zero-order chi connectivity index (χ0) is 24.8. The van der Waals surface area contributed by atoms with Gasteiger partial charge in [-0.2, -0.15) is 4.98 Å². The van der Waals surface area contributed by atoms with Crippen LogP contribution in [0.15, 0.2) is 64.7 Å². The van der Waals surface area contributed by atoms with E-state index in [1.54, 1.807) is 47.2 Å². The van der Waals surface area contributed by atoms with E-state index in [9.17, 15) is 25.0 Å². The number of morpholine rings is 1. The van der Waals surface area contributed by atoms with E-state index in [4.69, 9.17) is 4.74 Å². The summed E-state index contributed by atoms with van der Waals surface area (Å²) in [6, 6.07) is 12.8. The van der Waals surface area contributed by atoms with Crippen LogP contribution in [-0.4, -0.2) is 50.6 Å². The number of hydrogen-bond acceptors (Lipinski definition) is 9. The van der Waals surface area contributed by atoms with Crippen molar-refractivity contribution in [2.45, 2.75) is 24.0 Å². The standard InChI is InChI=1S/C23H23N5O6S/c29-22-19(13-25-9-11-34-12-10-25)15-26(14-17-5-1-3-7-20(17)27(30)31)23(24-22)35-16-18-6-2-4-8-21(18)28(32)33/h1-8,15H,9-14,16H2. The van der Waals surface area contributed by atoms with E-state index in [-0.39, 0.29) is 29.2 Å². The fourth-order valence-corrected chi connectivity index (χ4v) is 4.78. The van der Waals surface area contributed by atoms with Gasteiger partial charge in [-0.15, -0.1) is 0 Å². The van der Waals surface area contributed by atoms with E-state index < -0.39 is 9.85 Å². The smallest absolute Gasteiger partial charge is 0.278 e. The molecule has 2 heterocycles. The summed E-state index contributed by atoms with van der Waals surface area (Å²) in [5.74, 6) is 0.212. The topological polar surface area (TPSA) is 134 Å². The largest absolute Gasteiger partial charge is 0.379 e. The van der Waals surface area contributed by atoms with Gasteiger partial charge in [0.1, 0.15) is 0 Å². The zero-order valence-electron chi connectivity index (χ0n) is 18.7.